The standard InChI is InChI=1S/C15H27NO4/c1-7-8-9-12(10-11(2)13(17)18)16(6)14(19)20-15(3,4)5/h10,12H,7-9H2,1-6H3,(H,17,18)/t12-/m0/s1. The van der Waals surface area contributed by atoms with Gasteiger partial charge < -0.3 is 14.7 Å². The van der Waals surface area contributed by atoms with Gasteiger partial charge in [0.05, 0.1) is 6.04 Å². The maximum absolute atomic E-state index is 12.0. The SMILES string of the molecule is CCCC[C@@H](C=C(C)C(=O)O)N(C)C(=O)OC(C)(C)C. The fourth-order valence-corrected chi connectivity index (χ4v) is 1.63. The highest BCUT2D eigenvalue weighted by atomic mass is 16.6. The van der Waals surface area contributed by atoms with Crippen molar-refractivity contribution in [2.24, 2.45) is 0 Å². The van der Waals surface area contributed by atoms with Crippen LogP contribution in [0.25, 0.3) is 0 Å². The van der Waals surface area contributed by atoms with Crippen LogP contribution in [-0.2, 0) is 9.53 Å². The number of hydrogen-bond acceptors (Lipinski definition) is 3. The molecule has 5 nitrogen and oxygen atoms in total. The van der Waals surface area contributed by atoms with E-state index in [0.717, 1.165) is 19.3 Å². The summed E-state index contributed by atoms with van der Waals surface area (Å²) >= 11 is 0. The molecule has 0 aromatic rings. The maximum Gasteiger partial charge on any atom is 0.410 e. The fraction of sp³-hybridized carbons (Fsp3) is 0.733. The van der Waals surface area contributed by atoms with Crippen LogP contribution in [0.4, 0.5) is 4.79 Å². The van der Waals surface area contributed by atoms with E-state index in [1.54, 1.807) is 33.9 Å². The van der Waals surface area contributed by atoms with Gasteiger partial charge in [-0.3, -0.25) is 0 Å². The van der Waals surface area contributed by atoms with Crippen LogP contribution < -0.4 is 0 Å². The van der Waals surface area contributed by atoms with Gasteiger partial charge in [-0.15, -0.1) is 0 Å². The third kappa shape index (κ3) is 7.16. The number of nitrogens with zero attached hydrogens (tertiary/aromatic N) is 1. The molecule has 0 spiro atoms. The molecule has 0 bridgehead atoms. The van der Waals surface area contributed by atoms with Crippen molar-refractivity contribution in [1.82, 2.24) is 4.90 Å². The molecule has 116 valence electrons. The highest BCUT2D eigenvalue weighted by Gasteiger charge is 2.24. The molecule has 0 aliphatic carbocycles. The smallest absolute Gasteiger partial charge is 0.410 e. The summed E-state index contributed by atoms with van der Waals surface area (Å²) in [6.45, 7) is 9.00. The second-order valence-electron chi connectivity index (χ2n) is 5.96. The predicted octanol–water partition coefficient (Wildman–Crippen LogP) is 3.44. The van der Waals surface area contributed by atoms with Crippen LogP contribution in [0.1, 0.15) is 53.9 Å². The topological polar surface area (TPSA) is 66.8 Å². The molecule has 5 heteroatoms. The summed E-state index contributed by atoms with van der Waals surface area (Å²) in [6, 6.07) is -0.263. The molecule has 0 unspecified atom stereocenters. The number of carboxylic acid groups (broad SMARTS) is 1. The molecule has 0 fully saturated rings. The molecule has 0 radical (unpaired) electrons. The lowest BCUT2D eigenvalue weighted by Crippen LogP contribution is -2.40. The van der Waals surface area contributed by atoms with Crippen LogP contribution in [0.15, 0.2) is 11.6 Å². The molecule has 0 aromatic carbocycles. The summed E-state index contributed by atoms with van der Waals surface area (Å²) < 4.78 is 5.31. The van der Waals surface area contributed by atoms with Crippen molar-refractivity contribution in [2.45, 2.75) is 65.5 Å². The van der Waals surface area contributed by atoms with Gasteiger partial charge in [0.2, 0.25) is 0 Å². The molecule has 0 heterocycles. The normalized spacial score (nSPS) is 13.8. The van der Waals surface area contributed by atoms with E-state index >= 15 is 0 Å². The molecular formula is C15H27NO4. The molecule has 1 N–H and O–H groups in total. The minimum atomic E-state index is -0.968. The second kappa shape index (κ2) is 7.92. The first-order valence-corrected chi connectivity index (χ1v) is 6.96. The van der Waals surface area contributed by atoms with Gasteiger partial charge in [0, 0.05) is 12.6 Å². The van der Waals surface area contributed by atoms with Crippen molar-refractivity contribution in [3.63, 3.8) is 0 Å². The second-order valence-corrected chi connectivity index (χ2v) is 5.96. The van der Waals surface area contributed by atoms with Crippen molar-refractivity contribution in [2.75, 3.05) is 7.05 Å². The Morgan fingerprint density at radius 2 is 1.90 bits per heavy atom. The monoisotopic (exact) mass is 285 g/mol. The van der Waals surface area contributed by atoms with Crippen LogP contribution in [-0.4, -0.2) is 40.8 Å². The van der Waals surface area contributed by atoms with Gasteiger partial charge in [0.25, 0.3) is 0 Å². The van der Waals surface area contributed by atoms with Crippen molar-refractivity contribution < 1.29 is 19.4 Å². The summed E-state index contributed by atoms with van der Waals surface area (Å²) in [6.07, 6.45) is 3.80. The number of amides is 1. The molecule has 0 saturated heterocycles. The van der Waals surface area contributed by atoms with Crippen LogP contribution >= 0.6 is 0 Å². The number of carbonyl (C=O) groups is 2. The molecular weight excluding hydrogens is 258 g/mol. The number of carboxylic acids is 1. The fourth-order valence-electron chi connectivity index (χ4n) is 1.63. The molecule has 1 atom stereocenters. The molecule has 1 amide bonds. The van der Waals surface area contributed by atoms with Crippen molar-refractivity contribution >= 4 is 12.1 Å². The quantitative estimate of drug-likeness (QED) is 0.759. The first-order chi connectivity index (χ1) is 9.08. The average molecular weight is 285 g/mol. The summed E-state index contributed by atoms with van der Waals surface area (Å²) in [5.41, 5.74) is -0.326. The van der Waals surface area contributed by atoms with Crippen molar-refractivity contribution in [3.8, 4) is 0 Å². The van der Waals surface area contributed by atoms with Gasteiger partial charge in [-0.1, -0.05) is 25.8 Å². The van der Waals surface area contributed by atoms with Crippen LogP contribution in [0.5, 0.6) is 0 Å². The Labute approximate surface area is 121 Å². The Kier molecular flexibility index (Phi) is 7.32. The third-order valence-electron chi connectivity index (χ3n) is 2.81. The van der Waals surface area contributed by atoms with E-state index in [0.29, 0.717) is 0 Å². The molecule has 0 aliphatic heterocycles. The molecule has 0 aliphatic rings. The zero-order valence-electron chi connectivity index (χ0n) is 13.4. The van der Waals surface area contributed by atoms with Crippen molar-refractivity contribution in [1.29, 1.82) is 0 Å². The molecule has 20 heavy (non-hydrogen) atoms. The molecule has 0 saturated carbocycles. The van der Waals surface area contributed by atoms with Gasteiger partial charge in [0.15, 0.2) is 0 Å². The lowest BCUT2D eigenvalue weighted by atomic mass is 10.1. The highest BCUT2D eigenvalue weighted by Crippen LogP contribution is 2.16. The summed E-state index contributed by atoms with van der Waals surface area (Å²) in [5, 5.41) is 8.96. The van der Waals surface area contributed by atoms with Gasteiger partial charge in [-0.2, -0.15) is 0 Å². The lowest BCUT2D eigenvalue weighted by Gasteiger charge is -2.29. The summed E-state index contributed by atoms with van der Waals surface area (Å²) in [5.74, 6) is -0.968. The minimum absolute atomic E-state index is 0.238. The van der Waals surface area contributed by atoms with Gasteiger partial charge in [0.1, 0.15) is 5.60 Å². The van der Waals surface area contributed by atoms with Crippen LogP contribution in [0.3, 0.4) is 0 Å². The molecule has 0 rings (SSSR count). The highest BCUT2D eigenvalue weighted by molar-refractivity contribution is 5.86. The third-order valence-corrected chi connectivity index (χ3v) is 2.81. The van der Waals surface area contributed by atoms with Crippen LogP contribution in [0, 0.1) is 0 Å². The largest absolute Gasteiger partial charge is 0.478 e. The Morgan fingerprint density at radius 1 is 1.35 bits per heavy atom. The maximum atomic E-state index is 12.0. The van der Waals surface area contributed by atoms with E-state index in [2.05, 4.69) is 6.92 Å². The van der Waals surface area contributed by atoms with E-state index in [1.165, 1.54) is 11.8 Å². The number of hydrogen-bond donors (Lipinski definition) is 1. The average Bonchev–Trinajstić information content (AvgIpc) is 2.30. The van der Waals surface area contributed by atoms with E-state index in [9.17, 15) is 9.59 Å². The Hall–Kier alpha value is -1.52. The van der Waals surface area contributed by atoms with E-state index in [4.69, 9.17) is 9.84 Å². The van der Waals surface area contributed by atoms with Gasteiger partial charge in [-0.05, 0) is 34.1 Å². The first-order valence-electron chi connectivity index (χ1n) is 6.96. The summed E-state index contributed by atoms with van der Waals surface area (Å²) in [4.78, 5) is 24.4. The van der Waals surface area contributed by atoms with Crippen LogP contribution in [0.2, 0.25) is 0 Å². The number of unbranched alkanes of at least 4 members (excludes halogenated alkanes) is 1. The van der Waals surface area contributed by atoms with E-state index < -0.39 is 17.7 Å². The number of rotatable bonds is 6. The Bertz CT molecular complexity index is 369. The number of aliphatic carboxylic acids is 1. The minimum Gasteiger partial charge on any atom is -0.478 e. The number of carbonyl (C=O) groups excluding carboxylic acids is 1. The first kappa shape index (κ1) is 18.5. The number of likely N-dealkylation sites (N-methyl/N-ethyl adjacent to an activating group) is 1. The van der Waals surface area contributed by atoms with Gasteiger partial charge >= 0.3 is 12.1 Å². The van der Waals surface area contributed by atoms with E-state index in [-0.39, 0.29) is 11.6 Å². The zero-order chi connectivity index (χ0) is 15.9. The lowest BCUT2D eigenvalue weighted by molar-refractivity contribution is -0.132. The van der Waals surface area contributed by atoms with E-state index in [1.807, 2.05) is 0 Å². The Morgan fingerprint density at radius 3 is 2.30 bits per heavy atom. The van der Waals surface area contributed by atoms with Gasteiger partial charge in [-0.25, -0.2) is 9.59 Å². The number of ether oxygens (including phenoxy) is 1. The summed E-state index contributed by atoms with van der Waals surface area (Å²) in [7, 11) is 1.64. The predicted molar refractivity (Wildman–Crippen MR) is 78.7 cm³/mol. The Balaban J connectivity index is 4.98. The molecule has 0 aromatic heterocycles. The van der Waals surface area contributed by atoms with Crippen molar-refractivity contribution in [3.05, 3.63) is 11.6 Å². The zero-order valence-corrected chi connectivity index (χ0v) is 13.4.